The average Bonchev–Trinajstić information content (AvgIpc) is 3.05. The number of hydrogen-bond donors (Lipinski definition) is 8. The number of carbonyl (C=O) groups excluding carboxylic acids is 1. The van der Waals surface area contributed by atoms with Crippen LogP contribution in [0.4, 0.5) is 0 Å². The van der Waals surface area contributed by atoms with Gasteiger partial charge in [0.2, 0.25) is 12.0 Å². The second kappa shape index (κ2) is 14.0. The molecule has 8 N–H and O–H groups in total. The predicted molar refractivity (Wildman–Crippen MR) is 154 cm³/mol. The van der Waals surface area contributed by atoms with Crippen molar-refractivity contribution in [3.63, 3.8) is 0 Å². The molecule has 17 heteroatoms. The summed E-state index contributed by atoms with van der Waals surface area (Å²) < 4.78 is 38.4. The third kappa shape index (κ3) is 6.84. The number of phenolic OH excluding ortho intramolecular Hbond substituents is 2. The number of esters is 1. The second-order valence-corrected chi connectivity index (χ2v) is 10.9. The molecule has 2 saturated heterocycles. The molecule has 0 radical (unpaired) electrons. The zero-order chi connectivity index (χ0) is 34.2. The molecular weight excluding hydrogens is 632 g/mol. The van der Waals surface area contributed by atoms with Crippen molar-refractivity contribution < 1.29 is 78.5 Å². The molecule has 0 amide bonds. The minimum absolute atomic E-state index is 0.00902. The molecule has 256 valence electrons. The standard InChI is InChI=1S/C30H34O17/c1-11(32)42-10-19-22(36)25(39)28(47-29-26(40)24(38)21(35)18(9-31)45-29)30(46-19)44-17-8-15(34)20-14(33)7-16(43-27(20)23(17)37)12-3-5-13(41-2)6-4-12/h3-8,18-19,21-22,24-26,28-31,34-40H,9-10H2,1-2H3/t18-,19-,21-,22-,24-,25+,26-,28-,29+,30-/m1/s1. The number of aliphatic hydroxyl groups excluding tert-OH is 6. The van der Waals surface area contributed by atoms with Crippen LogP contribution in [0.1, 0.15) is 6.92 Å². The number of aliphatic hydroxyl groups is 6. The topological polar surface area (TPSA) is 264 Å². The summed E-state index contributed by atoms with van der Waals surface area (Å²) in [7, 11) is 1.47. The SMILES string of the molecule is COc1ccc(-c2cc(=O)c3c(O)cc(O[C@@H]4O[C@H](COC(C)=O)[C@@H](O)[C@H](O)[C@H]4O[C@@H]4O[C@H](CO)[C@@H](O)[C@@H](O)[C@H]4O)c(O)c3o2)cc1. The van der Waals surface area contributed by atoms with Crippen LogP contribution in [-0.2, 0) is 23.7 Å². The first kappa shape index (κ1) is 34.3. The Kier molecular flexibility index (Phi) is 10.2. The fourth-order valence-electron chi connectivity index (χ4n) is 5.21. The van der Waals surface area contributed by atoms with E-state index in [1.807, 2.05) is 0 Å². The molecule has 47 heavy (non-hydrogen) atoms. The average molecular weight is 667 g/mol. The molecule has 3 heterocycles. The molecule has 3 aromatic rings. The zero-order valence-electron chi connectivity index (χ0n) is 24.9. The minimum atomic E-state index is -1.93. The highest BCUT2D eigenvalue weighted by Gasteiger charge is 2.52. The lowest BCUT2D eigenvalue weighted by molar-refractivity contribution is -0.358. The first-order valence-corrected chi connectivity index (χ1v) is 14.3. The van der Waals surface area contributed by atoms with Crippen LogP contribution in [0.3, 0.4) is 0 Å². The maximum absolute atomic E-state index is 13.0. The summed E-state index contributed by atoms with van der Waals surface area (Å²) in [5, 5.41) is 83.8. The van der Waals surface area contributed by atoms with E-state index in [1.54, 1.807) is 24.3 Å². The zero-order valence-corrected chi connectivity index (χ0v) is 24.9. The summed E-state index contributed by atoms with van der Waals surface area (Å²) in [5.41, 5.74) is -0.782. The number of phenols is 2. The van der Waals surface area contributed by atoms with Gasteiger partial charge in [0.15, 0.2) is 29.2 Å². The molecule has 0 saturated carbocycles. The van der Waals surface area contributed by atoms with E-state index >= 15 is 0 Å². The highest BCUT2D eigenvalue weighted by atomic mass is 16.8. The van der Waals surface area contributed by atoms with Crippen LogP contribution in [-0.4, -0.2) is 129 Å². The van der Waals surface area contributed by atoms with Crippen molar-refractivity contribution in [1.29, 1.82) is 0 Å². The number of rotatable bonds is 9. The first-order valence-electron chi connectivity index (χ1n) is 14.3. The van der Waals surface area contributed by atoms with Crippen molar-refractivity contribution in [2.24, 2.45) is 0 Å². The van der Waals surface area contributed by atoms with Crippen molar-refractivity contribution in [3.05, 3.63) is 46.6 Å². The van der Waals surface area contributed by atoms with Crippen molar-refractivity contribution in [2.75, 3.05) is 20.3 Å². The summed E-state index contributed by atoms with van der Waals surface area (Å²) >= 11 is 0. The van der Waals surface area contributed by atoms with E-state index in [9.17, 15) is 50.4 Å². The van der Waals surface area contributed by atoms with Gasteiger partial charge in [0.05, 0.1) is 13.7 Å². The fraction of sp³-hybridized carbons (Fsp3) is 0.467. The lowest BCUT2D eigenvalue weighted by Gasteiger charge is -2.45. The van der Waals surface area contributed by atoms with Gasteiger partial charge in [-0.2, -0.15) is 0 Å². The van der Waals surface area contributed by atoms with E-state index in [-0.39, 0.29) is 5.76 Å². The Morgan fingerprint density at radius 3 is 2.17 bits per heavy atom. The van der Waals surface area contributed by atoms with E-state index in [2.05, 4.69) is 0 Å². The minimum Gasteiger partial charge on any atom is -0.507 e. The van der Waals surface area contributed by atoms with Crippen molar-refractivity contribution in [2.45, 2.75) is 68.3 Å². The molecule has 2 aliphatic heterocycles. The summed E-state index contributed by atoms with van der Waals surface area (Å²) in [4.78, 5) is 24.4. The maximum atomic E-state index is 13.0. The number of aromatic hydroxyl groups is 2. The molecule has 5 rings (SSSR count). The summed E-state index contributed by atoms with van der Waals surface area (Å²) in [5.74, 6) is -2.24. The third-order valence-corrected chi connectivity index (χ3v) is 7.77. The van der Waals surface area contributed by atoms with Gasteiger partial charge in [-0.25, -0.2) is 0 Å². The van der Waals surface area contributed by atoms with Gasteiger partial charge in [0.1, 0.15) is 72.0 Å². The quantitative estimate of drug-likeness (QED) is 0.0949. The molecule has 2 aromatic carbocycles. The Labute approximate surface area is 265 Å². The Bertz CT molecular complexity index is 1620. The maximum Gasteiger partial charge on any atom is 0.302 e. The second-order valence-electron chi connectivity index (χ2n) is 10.9. The Morgan fingerprint density at radius 2 is 1.53 bits per heavy atom. The lowest BCUT2D eigenvalue weighted by Crippen LogP contribution is -2.65. The summed E-state index contributed by atoms with van der Waals surface area (Å²) in [6.45, 7) is -0.279. The molecule has 0 unspecified atom stereocenters. The highest BCUT2D eigenvalue weighted by molar-refractivity contribution is 5.91. The van der Waals surface area contributed by atoms with E-state index in [0.29, 0.717) is 11.3 Å². The molecule has 0 aliphatic carbocycles. The van der Waals surface area contributed by atoms with Gasteiger partial charge < -0.3 is 73.7 Å². The normalized spacial score (nSPS) is 31.0. The number of carbonyl (C=O) groups is 1. The molecule has 17 nitrogen and oxygen atoms in total. The van der Waals surface area contributed by atoms with E-state index in [0.717, 1.165) is 19.1 Å². The third-order valence-electron chi connectivity index (χ3n) is 7.77. The van der Waals surface area contributed by atoms with Crippen LogP contribution in [0.2, 0.25) is 0 Å². The summed E-state index contributed by atoms with van der Waals surface area (Å²) in [6, 6.07) is 8.36. The van der Waals surface area contributed by atoms with Gasteiger partial charge in [-0.3, -0.25) is 9.59 Å². The van der Waals surface area contributed by atoms with Crippen LogP contribution in [0, 0.1) is 0 Å². The summed E-state index contributed by atoms with van der Waals surface area (Å²) in [6.07, 6.45) is -17.6. The first-order chi connectivity index (χ1) is 22.3. The van der Waals surface area contributed by atoms with Gasteiger partial charge in [-0.1, -0.05) is 0 Å². The van der Waals surface area contributed by atoms with E-state index < -0.39 is 114 Å². The van der Waals surface area contributed by atoms with E-state index in [1.165, 1.54) is 7.11 Å². The van der Waals surface area contributed by atoms with Gasteiger partial charge in [0, 0.05) is 24.6 Å². The molecule has 10 atom stereocenters. The number of methoxy groups -OCH3 is 1. The fourth-order valence-corrected chi connectivity index (χ4v) is 5.21. The highest BCUT2D eigenvalue weighted by Crippen LogP contribution is 2.42. The van der Waals surface area contributed by atoms with Crippen molar-refractivity contribution in [3.8, 4) is 34.3 Å². The van der Waals surface area contributed by atoms with Crippen LogP contribution < -0.4 is 14.9 Å². The van der Waals surface area contributed by atoms with Gasteiger partial charge >= 0.3 is 5.97 Å². The van der Waals surface area contributed by atoms with Crippen LogP contribution >= 0.6 is 0 Å². The molecule has 2 aliphatic rings. The Hall–Kier alpha value is -4.04. The number of fused-ring (bicyclic) bond motifs is 1. The number of benzene rings is 2. The predicted octanol–water partition coefficient (Wildman–Crippen LogP) is -1.55. The molecule has 2 fully saturated rings. The Balaban J connectivity index is 1.52. The number of hydrogen-bond acceptors (Lipinski definition) is 17. The van der Waals surface area contributed by atoms with Crippen LogP contribution in [0.25, 0.3) is 22.3 Å². The van der Waals surface area contributed by atoms with Crippen LogP contribution in [0.15, 0.2) is 45.6 Å². The monoisotopic (exact) mass is 666 g/mol. The van der Waals surface area contributed by atoms with Gasteiger partial charge in [-0.05, 0) is 24.3 Å². The molecular formula is C30H34O17. The number of ether oxygens (including phenoxy) is 6. The van der Waals surface area contributed by atoms with Gasteiger partial charge in [-0.15, -0.1) is 0 Å². The van der Waals surface area contributed by atoms with Crippen molar-refractivity contribution in [1.82, 2.24) is 0 Å². The Morgan fingerprint density at radius 1 is 0.872 bits per heavy atom. The molecule has 0 bridgehead atoms. The smallest absolute Gasteiger partial charge is 0.302 e. The largest absolute Gasteiger partial charge is 0.507 e. The lowest BCUT2D eigenvalue weighted by atomic mass is 9.97. The van der Waals surface area contributed by atoms with Crippen LogP contribution in [0.5, 0.6) is 23.0 Å². The van der Waals surface area contributed by atoms with Gasteiger partial charge in [0.25, 0.3) is 0 Å². The van der Waals surface area contributed by atoms with E-state index in [4.69, 9.17) is 32.8 Å². The molecule has 0 spiro atoms. The van der Waals surface area contributed by atoms with Crippen molar-refractivity contribution >= 4 is 16.9 Å². The molecule has 1 aromatic heterocycles.